The van der Waals surface area contributed by atoms with E-state index in [1.54, 1.807) is 0 Å². The fourth-order valence-electron chi connectivity index (χ4n) is 0.323. The van der Waals surface area contributed by atoms with E-state index in [2.05, 4.69) is 0 Å². The maximum Gasteiger partial charge on any atom is 0.405 e. The van der Waals surface area contributed by atoms with E-state index in [9.17, 15) is 9.18 Å². The maximum absolute atomic E-state index is 11.8. The van der Waals surface area contributed by atoms with Crippen molar-refractivity contribution in [2.24, 2.45) is 0 Å². The molecule has 0 aromatic heterocycles. The molecule has 0 saturated heterocycles. The summed E-state index contributed by atoms with van der Waals surface area (Å²) in [6.07, 6.45) is -1.20. The molecule has 4 heteroatoms. The standard InChI is InChI=1S/C5H10FNO2/c1-5(2,3-6)7-4(8)9/h7H,3H2,1-2H3,(H,8,9). The number of hydrogen-bond donors (Lipinski definition) is 2. The molecule has 0 rings (SSSR count). The van der Waals surface area contributed by atoms with E-state index >= 15 is 0 Å². The fourth-order valence-corrected chi connectivity index (χ4v) is 0.323. The zero-order valence-corrected chi connectivity index (χ0v) is 5.44. The quantitative estimate of drug-likeness (QED) is 0.593. The van der Waals surface area contributed by atoms with Gasteiger partial charge in [-0.1, -0.05) is 0 Å². The normalized spacial score (nSPS) is 11.0. The van der Waals surface area contributed by atoms with Crippen molar-refractivity contribution >= 4 is 6.09 Å². The summed E-state index contributed by atoms with van der Waals surface area (Å²) in [5, 5.41) is 10.1. The fraction of sp³-hybridized carbons (Fsp3) is 0.800. The monoisotopic (exact) mass is 135 g/mol. The van der Waals surface area contributed by atoms with Gasteiger partial charge in [0.25, 0.3) is 0 Å². The Morgan fingerprint density at radius 3 is 2.33 bits per heavy atom. The van der Waals surface area contributed by atoms with Crippen LogP contribution in [0.5, 0.6) is 0 Å². The number of carboxylic acid groups (broad SMARTS) is 1. The lowest BCUT2D eigenvalue weighted by Gasteiger charge is -2.19. The van der Waals surface area contributed by atoms with Gasteiger partial charge in [-0.2, -0.15) is 0 Å². The van der Waals surface area contributed by atoms with Crippen molar-refractivity contribution in [1.29, 1.82) is 0 Å². The van der Waals surface area contributed by atoms with Gasteiger partial charge in [0.1, 0.15) is 6.67 Å². The Morgan fingerprint density at radius 1 is 1.78 bits per heavy atom. The molecular weight excluding hydrogens is 125 g/mol. The van der Waals surface area contributed by atoms with E-state index in [0.29, 0.717) is 0 Å². The van der Waals surface area contributed by atoms with E-state index in [4.69, 9.17) is 5.11 Å². The Labute approximate surface area is 52.9 Å². The minimum absolute atomic E-state index is 0.695. The number of halogens is 1. The summed E-state index contributed by atoms with van der Waals surface area (Å²) >= 11 is 0. The van der Waals surface area contributed by atoms with Crippen LogP contribution in [0.25, 0.3) is 0 Å². The Bertz CT molecular complexity index is 114. The lowest BCUT2D eigenvalue weighted by Crippen LogP contribution is -2.44. The Hall–Kier alpha value is -0.800. The minimum Gasteiger partial charge on any atom is -0.465 e. The van der Waals surface area contributed by atoms with Crippen molar-refractivity contribution in [2.45, 2.75) is 19.4 Å². The minimum atomic E-state index is -1.20. The lowest BCUT2D eigenvalue weighted by atomic mass is 10.1. The first-order valence-corrected chi connectivity index (χ1v) is 2.55. The summed E-state index contributed by atoms with van der Waals surface area (Å²) in [4.78, 5) is 9.90. The SMILES string of the molecule is CC(C)(CF)NC(=O)O. The summed E-state index contributed by atoms with van der Waals surface area (Å²) in [6.45, 7) is 2.25. The van der Waals surface area contributed by atoms with Gasteiger partial charge in [-0.05, 0) is 13.8 Å². The topological polar surface area (TPSA) is 49.3 Å². The van der Waals surface area contributed by atoms with Gasteiger partial charge in [0, 0.05) is 0 Å². The predicted molar refractivity (Wildman–Crippen MR) is 31.2 cm³/mol. The second kappa shape index (κ2) is 2.66. The molecule has 0 aliphatic carbocycles. The molecule has 54 valence electrons. The van der Waals surface area contributed by atoms with Crippen LogP contribution in [-0.4, -0.2) is 23.4 Å². The largest absolute Gasteiger partial charge is 0.465 e. The van der Waals surface area contributed by atoms with Crippen LogP contribution in [0.3, 0.4) is 0 Å². The van der Waals surface area contributed by atoms with E-state index < -0.39 is 18.3 Å². The zero-order valence-electron chi connectivity index (χ0n) is 5.44. The van der Waals surface area contributed by atoms with Crippen molar-refractivity contribution in [2.75, 3.05) is 6.67 Å². The van der Waals surface area contributed by atoms with E-state index in [1.165, 1.54) is 13.8 Å². The van der Waals surface area contributed by atoms with Crippen LogP contribution in [0, 0.1) is 0 Å². The van der Waals surface area contributed by atoms with Crippen LogP contribution in [0.4, 0.5) is 9.18 Å². The van der Waals surface area contributed by atoms with E-state index in [0.717, 1.165) is 0 Å². The van der Waals surface area contributed by atoms with Crippen molar-refractivity contribution in [3.8, 4) is 0 Å². The third-order valence-electron chi connectivity index (χ3n) is 0.779. The van der Waals surface area contributed by atoms with Gasteiger partial charge in [-0.25, -0.2) is 9.18 Å². The van der Waals surface area contributed by atoms with E-state index in [-0.39, 0.29) is 0 Å². The predicted octanol–water partition coefficient (Wildman–Crippen LogP) is 1.00. The van der Waals surface area contributed by atoms with Crippen LogP contribution in [0.2, 0.25) is 0 Å². The first kappa shape index (κ1) is 8.20. The number of carbonyl (C=O) groups is 1. The molecule has 0 radical (unpaired) electrons. The van der Waals surface area contributed by atoms with Crippen LogP contribution in [0.15, 0.2) is 0 Å². The third kappa shape index (κ3) is 3.76. The first-order valence-electron chi connectivity index (χ1n) is 2.55. The van der Waals surface area contributed by atoms with Crippen LogP contribution < -0.4 is 5.32 Å². The molecule has 0 aromatic carbocycles. The second-order valence-corrected chi connectivity index (χ2v) is 2.45. The molecule has 0 atom stereocenters. The number of amides is 1. The Kier molecular flexibility index (Phi) is 2.42. The smallest absolute Gasteiger partial charge is 0.405 e. The van der Waals surface area contributed by atoms with Gasteiger partial charge in [-0.3, -0.25) is 0 Å². The highest BCUT2D eigenvalue weighted by atomic mass is 19.1. The highest BCUT2D eigenvalue weighted by Gasteiger charge is 2.18. The van der Waals surface area contributed by atoms with Crippen LogP contribution >= 0.6 is 0 Å². The van der Waals surface area contributed by atoms with Gasteiger partial charge in [-0.15, -0.1) is 0 Å². The van der Waals surface area contributed by atoms with Crippen molar-refractivity contribution in [3.05, 3.63) is 0 Å². The zero-order chi connectivity index (χ0) is 7.49. The number of nitrogens with one attached hydrogen (secondary N) is 1. The summed E-state index contributed by atoms with van der Waals surface area (Å²) in [5.74, 6) is 0. The maximum atomic E-state index is 11.8. The van der Waals surface area contributed by atoms with Gasteiger partial charge in [0.05, 0.1) is 5.54 Å². The number of alkyl halides is 1. The first-order chi connectivity index (χ1) is 3.98. The molecular formula is C5H10FNO2. The van der Waals surface area contributed by atoms with Gasteiger partial charge < -0.3 is 10.4 Å². The van der Waals surface area contributed by atoms with Gasteiger partial charge in [0.2, 0.25) is 0 Å². The molecule has 0 fully saturated rings. The number of hydrogen-bond acceptors (Lipinski definition) is 1. The third-order valence-corrected chi connectivity index (χ3v) is 0.779. The van der Waals surface area contributed by atoms with Crippen LogP contribution in [-0.2, 0) is 0 Å². The lowest BCUT2D eigenvalue weighted by molar-refractivity contribution is 0.175. The summed E-state index contributed by atoms with van der Waals surface area (Å²) in [5.41, 5.74) is -0.953. The summed E-state index contributed by atoms with van der Waals surface area (Å²) < 4.78 is 11.8. The molecule has 0 aliphatic heterocycles. The Balaban J connectivity index is 3.71. The highest BCUT2D eigenvalue weighted by Crippen LogP contribution is 2.00. The molecule has 3 nitrogen and oxygen atoms in total. The van der Waals surface area contributed by atoms with Crippen molar-refractivity contribution in [3.63, 3.8) is 0 Å². The molecule has 0 heterocycles. The number of rotatable bonds is 2. The second-order valence-electron chi connectivity index (χ2n) is 2.45. The molecule has 0 saturated carbocycles. The Morgan fingerprint density at radius 2 is 2.22 bits per heavy atom. The summed E-state index contributed by atoms with van der Waals surface area (Å²) in [7, 11) is 0. The molecule has 0 unspecified atom stereocenters. The van der Waals surface area contributed by atoms with Crippen molar-refractivity contribution < 1.29 is 14.3 Å². The van der Waals surface area contributed by atoms with Gasteiger partial charge >= 0.3 is 6.09 Å². The van der Waals surface area contributed by atoms with Gasteiger partial charge in [0.15, 0.2) is 0 Å². The molecule has 0 bridgehead atoms. The average molecular weight is 135 g/mol. The molecule has 0 aromatic rings. The molecule has 2 N–H and O–H groups in total. The van der Waals surface area contributed by atoms with Crippen LogP contribution in [0.1, 0.15) is 13.8 Å². The molecule has 1 amide bonds. The van der Waals surface area contributed by atoms with Crippen molar-refractivity contribution in [1.82, 2.24) is 5.32 Å². The molecule has 0 aliphatic rings. The molecule has 0 spiro atoms. The average Bonchev–Trinajstić information content (AvgIpc) is 1.63. The van der Waals surface area contributed by atoms with E-state index in [1.807, 2.05) is 5.32 Å². The summed E-state index contributed by atoms with van der Waals surface area (Å²) in [6, 6.07) is 0. The molecule has 9 heavy (non-hydrogen) atoms. The highest BCUT2D eigenvalue weighted by molar-refractivity contribution is 5.65.